The van der Waals surface area contributed by atoms with Gasteiger partial charge in [0.25, 0.3) is 0 Å². The highest BCUT2D eigenvalue weighted by molar-refractivity contribution is 7.26. The van der Waals surface area contributed by atoms with E-state index in [-0.39, 0.29) is 0 Å². The highest BCUT2D eigenvalue weighted by atomic mass is 32.1. The third-order valence-electron chi connectivity index (χ3n) is 12.1. The smallest absolute Gasteiger partial charge is 0.0467 e. The fourth-order valence-electron chi connectivity index (χ4n) is 9.13. The standard InChI is InChI=1S/C58H37NS2/c1-2-17-48-39(11-1)12-9-20-49(48)44-15-7-13-41(35-44)42-14-8-16-47(36-42)59(45-30-25-38(26-31-45)43-29-34-56-53(37-43)51-18-3-5-22-54(51)60-56)46-32-27-40(28-33-46)50-21-10-24-57-58(50)52-19-4-6-23-55(52)61-57/h1-37H. The van der Waals surface area contributed by atoms with E-state index in [0.717, 1.165) is 17.1 Å². The Morgan fingerprint density at radius 2 is 0.787 bits per heavy atom. The molecule has 0 aliphatic rings. The van der Waals surface area contributed by atoms with Gasteiger partial charge in [-0.05, 0) is 128 Å². The number of hydrogen-bond donors (Lipinski definition) is 0. The average molecular weight is 812 g/mol. The zero-order valence-corrected chi connectivity index (χ0v) is 34.8. The van der Waals surface area contributed by atoms with Crippen molar-refractivity contribution in [1.29, 1.82) is 0 Å². The largest absolute Gasteiger partial charge is 0.310 e. The van der Waals surface area contributed by atoms with Crippen LogP contribution in [-0.2, 0) is 0 Å². The van der Waals surface area contributed by atoms with Crippen LogP contribution in [0.1, 0.15) is 0 Å². The Bertz CT molecular complexity index is 3590. The van der Waals surface area contributed by atoms with Gasteiger partial charge in [0, 0.05) is 57.4 Å². The van der Waals surface area contributed by atoms with Crippen molar-refractivity contribution in [3.05, 3.63) is 224 Å². The molecular weight excluding hydrogens is 775 g/mol. The van der Waals surface area contributed by atoms with Crippen LogP contribution >= 0.6 is 22.7 Å². The molecule has 0 aliphatic heterocycles. The lowest BCUT2D eigenvalue weighted by molar-refractivity contribution is 1.28. The second-order valence-electron chi connectivity index (χ2n) is 15.7. The van der Waals surface area contributed by atoms with E-state index < -0.39 is 0 Å². The molecule has 0 N–H and O–H groups in total. The molecule has 0 saturated carbocycles. The Balaban J connectivity index is 0.955. The molecule has 3 heteroatoms. The molecule has 12 rings (SSSR count). The predicted octanol–water partition coefficient (Wildman–Crippen LogP) is 17.7. The number of hydrogen-bond acceptors (Lipinski definition) is 3. The Morgan fingerprint density at radius 3 is 1.61 bits per heavy atom. The van der Waals surface area contributed by atoms with Gasteiger partial charge < -0.3 is 4.90 Å². The molecule has 1 nitrogen and oxygen atoms in total. The SMILES string of the molecule is c1cc(-c2cccc(N(c3ccc(-c4ccc5sc6ccccc6c5c4)cc3)c3ccc(-c4cccc5sc6ccccc6c45)cc3)c2)cc(-c2cccc3ccccc23)c1. The van der Waals surface area contributed by atoms with Crippen molar-refractivity contribution in [2.75, 3.05) is 4.90 Å². The fraction of sp³-hybridized carbons (Fsp3) is 0. The number of rotatable bonds is 7. The molecule has 10 aromatic carbocycles. The maximum atomic E-state index is 2.39. The lowest BCUT2D eigenvalue weighted by Crippen LogP contribution is -2.10. The van der Waals surface area contributed by atoms with Crippen LogP contribution in [0.2, 0.25) is 0 Å². The molecule has 0 bridgehead atoms. The minimum absolute atomic E-state index is 1.10. The summed E-state index contributed by atoms with van der Waals surface area (Å²) in [7, 11) is 0. The molecule has 0 unspecified atom stereocenters. The first-order valence-corrected chi connectivity index (χ1v) is 22.4. The molecular formula is C58H37NS2. The van der Waals surface area contributed by atoms with Gasteiger partial charge in [-0.3, -0.25) is 0 Å². The van der Waals surface area contributed by atoms with Gasteiger partial charge in [0.2, 0.25) is 0 Å². The first-order chi connectivity index (χ1) is 30.2. The molecule has 12 aromatic rings. The van der Waals surface area contributed by atoms with E-state index in [1.165, 1.54) is 95.6 Å². The Kier molecular flexibility index (Phi) is 8.62. The number of thiophene rings is 2. The maximum absolute atomic E-state index is 2.39. The Morgan fingerprint density at radius 1 is 0.262 bits per heavy atom. The van der Waals surface area contributed by atoms with Crippen LogP contribution in [-0.4, -0.2) is 0 Å². The van der Waals surface area contributed by atoms with Gasteiger partial charge in [0.15, 0.2) is 0 Å². The third-order valence-corrected chi connectivity index (χ3v) is 14.4. The van der Waals surface area contributed by atoms with Crippen molar-refractivity contribution in [2.24, 2.45) is 0 Å². The van der Waals surface area contributed by atoms with Gasteiger partial charge >= 0.3 is 0 Å². The molecule has 0 amide bonds. The van der Waals surface area contributed by atoms with Crippen molar-refractivity contribution in [2.45, 2.75) is 0 Å². The fourth-order valence-corrected chi connectivity index (χ4v) is 11.3. The van der Waals surface area contributed by atoms with Gasteiger partial charge in [-0.1, -0.05) is 152 Å². The maximum Gasteiger partial charge on any atom is 0.0467 e. The summed E-state index contributed by atoms with van der Waals surface area (Å²) in [5.41, 5.74) is 13.0. The first kappa shape index (κ1) is 35.6. The zero-order chi connectivity index (χ0) is 40.3. The molecule has 0 atom stereocenters. The quantitative estimate of drug-likeness (QED) is 0.155. The van der Waals surface area contributed by atoms with Gasteiger partial charge in [-0.15, -0.1) is 22.7 Å². The lowest BCUT2D eigenvalue weighted by atomic mass is 9.95. The van der Waals surface area contributed by atoms with Crippen molar-refractivity contribution in [3.8, 4) is 44.5 Å². The monoisotopic (exact) mass is 811 g/mol. The van der Waals surface area contributed by atoms with Gasteiger partial charge in [-0.25, -0.2) is 0 Å². The molecule has 2 aromatic heterocycles. The van der Waals surface area contributed by atoms with Crippen LogP contribution in [0.25, 0.3) is 95.6 Å². The summed E-state index contributed by atoms with van der Waals surface area (Å²) in [5.74, 6) is 0. The number of benzene rings is 10. The van der Waals surface area contributed by atoms with Gasteiger partial charge in [0.05, 0.1) is 0 Å². The van der Waals surface area contributed by atoms with Gasteiger partial charge in [-0.2, -0.15) is 0 Å². The van der Waals surface area contributed by atoms with E-state index in [2.05, 4.69) is 229 Å². The van der Waals surface area contributed by atoms with E-state index in [9.17, 15) is 0 Å². The van der Waals surface area contributed by atoms with Crippen LogP contribution in [0.5, 0.6) is 0 Å². The molecule has 0 saturated heterocycles. The van der Waals surface area contributed by atoms with Crippen LogP contribution in [0.15, 0.2) is 224 Å². The third kappa shape index (κ3) is 6.29. The predicted molar refractivity (Wildman–Crippen MR) is 266 cm³/mol. The summed E-state index contributed by atoms with van der Waals surface area (Å²) in [5, 5.41) is 7.80. The summed E-state index contributed by atoms with van der Waals surface area (Å²) >= 11 is 3.73. The normalized spacial score (nSPS) is 11.6. The first-order valence-electron chi connectivity index (χ1n) is 20.7. The lowest BCUT2D eigenvalue weighted by Gasteiger charge is -2.26. The van der Waals surface area contributed by atoms with E-state index in [0.29, 0.717) is 0 Å². The number of anilines is 3. The summed E-state index contributed by atoms with van der Waals surface area (Å²) < 4.78 is 5.29. The average Bonchev–Trinajstić information content (AvgIpc) is 3.90. The van der Waals surface area contributed by atoms with Crippen LogP contribution < -0.4 is 4.90 Å². The number of fused-ring (bicyclic) bond motifs is 7. The van der Waals surface area contributed by atoms with Crippen molar-refractivity contribution in [3.63, 3.8) is 0 Å². The summed E-state index contributed by atoms with van der Waals surface area (Å²) in [4.78, 5) is 2.39. The summed E-state index contributed by atoms with van der Waals surface area (Å²) in [6.45, 7) is 0. The zero-order valence-electron chi connectivity index (χ0n) is 33.1. The topological polar surface area (TPSA) is 3.24 Å². The molecule has 2 heterocycles. The van der Waals surface area contributed by atoms with Crippen LogP contribution in [0.3, 0.4) is 0 Å². The van der Waals surface area contributed by atoms with Crippen LogP contribution in [0.4, 0.5) is 17.1 Å². The van der Waals surface area contributed by atoms with Crippen molar-refractivity contribution >= 4 is 90.9 Å². The minimum Gasteiger partial charge on any atom is -0.310 e. The molecule has 286 valence electrons. The van der Waals surface area contributed by atoms with Gasteiger partial charge in [0.1, 0.15) is 0 Å². The van der Waals surface area contributed by atoms with Crippen molar-refractivity contribution in [1.82, 2.24) is 0 Å². The van der Waals surface area contributed by atoms with E-state index in [1.54, 1.807) is 0 Å². The van der Waals surface area contributed by atoms with E-state index in [1.807, 2.05) is 22.7 Å². The highest BCUT2D eigenvalue weighted by Gasteiger charge is 2.17. The van der Waals surface area contributed by atoms with E-state index >= 15 is 0 Å². The molecule has 0 fully saturated rings. The summed E-state index contributed by atoms with van der Waals surface area (Å²) in [6, 6.07) is 82.4. The van der Waals surface area contributed by atoms with Crippen LogP contribution in [0, 0.1) is 0 Å². The van der Waals surface area contributed by atoms with Crippen molar-refractivity contribution < 1.29 is 0 Å². The molecule has 0 spiro atoms. The Hall–Kier alpha value is -7.30. The summed E-state index contributed by atoms with van der Waals surface area (Å²) in [6.07, 6.45) is 0. The second-order valence-corrected chi connectivity index (χ2v) is 17.8. The minimum atomic E-state index is 1.10. The highest BCUT2D eigenvalue weighted by Crippen LogP contribution is 2.43. The second kappa shape index (κ2) is 14.8. The Labute approximate surface area is 362 Å². The molecule has 0 radical (unpaired) electrons. The molecule has 61 heavy (non-hydrogen) atoms. The number of nitrogens with zero attached hydrogens (tertiary/aromatic N) is 1. The molecule has 0 aliphatic carbocycles. The van der Waals surface area contributed by atoms with E-state index in [4.69, 9.17) is 0 Å².